The second-order valence-corrected chi connectivity index (χ2v) is 8.93. The molecule has 1 aliphatic carbocycles. The number of hydrogen-bond donors (Lipinski definition) is 0. The van der Waals surface area contributed by atoms with Gasteiger partial charge in [-0.15, -0.1) is 11.3 Å². The number of carbonyl (C=O) groups excluding carboxylic acids is 1. The molecule has 0 amide bonds. The summed E-state index contributed by atoms with van der Waals surface area (Å²) in [5.41, 5.74) is 7.52. The lowest BCUT2D eigenvalue weighted by molar-refractivity contribution is 0.00501. The number of nitrogens with zero attached hydrogens (tertiary/aromatic N) is 1. The molecule has 1 aromatic heterocycles. The number of carbonyl (C=O) groups is 1. The van der Waals surface area contributed by atoms with Crippen LogP contribution in [0.25, 0.3) is 11.1 Å². The van der Waals surface area contributed by atoms with Crippen LogP contribution in [0.15, 0.2) is 78.3 Å². The Hall–Kier alpha value is -3.74. The number of ketones is 1. The first-order valence-corrected chi connectivity index (χ1v) is 11.8. The first-order valence-electron chi connectivity index (χ1n) is 10.9. The van der Waals surface area contributed by atoms with E-state index in [1.165, 1.54) is 0 Å². The number of fused-ring (bicyclic) bond motifs is 1. The number of hydrogen-bond acceptors (Lipinski definition) is 6. The van der Waals surface area contributed by atoms with E-state index in [0.717, 1.165) is 38.6 Å². The van der Waals surface area contributed by atoms with Gasteiger partial charge in [-0.2, -0.15) is 0 Å². The number of aryl methyl sites for hydroxylation is 1. The van der Waals surface area contributed by atoms with Gasteiger partial charge in [0.25, 0.3) is 0 Å². The van der Waals surface area contributed by atoms with E-state index in [1.54, 1.807) is 24.5 Å². The number of Topliss-reactive ketones (excluding diaryl/α,β-unsaturated/α-hetero) is 1. The molecule has 0 spiro atoms. The van der Waals surface area contributed by atoms with Crippen LogP contribution in [0.4, 0.5) is 0 Å². The van der Waals surface area contributed by atoms with E-state index in [4.69, 9.17) is 14.2 Å². The van der Waals surface area contributed by atoms with E-state index in [1.807, 2.05) is 79.2 Å². The molecule has 4 aromatic rings. The molecule has 0 atom stereocenters. The van der Waals surface area contributed by atoms with E-state index in [2.05, 4.69) is 4.98 Å². The van der Waals surface area contributed by atoms with Crippen LogP contribution in [0, 0.1) is 6.92 Å². The minimum atomic E-state index is -0.0433. The largest absolute Gasteiger partial charge is 0.497 e. The number of rotatable bonds is 8. The highest BCUT2D eigenvalue weighted by Crippen LogP contribution is 2.44. The van der Waals surface area contributed by atoms with Crippen molar-refractivity contribution in [3.8, 4) is 11.5 Å². The standard InChI is InChI=1S/C28H23NO4S/c1-18-27(29-16-34-18)26-23-13-12-22(33-17-32-15-19-6-4-3-5-7-19)14-24(23)28(30)25(26)20-8-10-21(31-2)11-9-20/h3-14,16H,15,17H2,1-2H3. The van der Waals surface area contributed by atoms with Gasteiger partial charge < -0.3 is 14.2 Å². The van der Waals surface area contributed by atoms with Crippen molar-refractivity contribution in [3.05, 3.63) is 111 Å². The Morgan fingerprint density at radius 1 is 0.882 bits per heavy atom. The molecule has 5 rings (SSSR count). The highest BCUT2D eigenvalue weighted by molar-refractivity contribution is 7.09. The van der Waals surface area contributed by atoms with E-state index in [-0.39, 0.29) is 12.6 Å². The van der Waals surface area contributed by atoms with Crippen molar-refractivity contribution in [2.45, 2.75) is 13.5 Å². The van der Waals surface area contributed by atoms with Gasteiger partial charge in [0, 0.05) is 21.6 Å². The molecule has 0 aliphatic heterocycles. The maximum absolute atomic E-state index is 13.6. The van der Waals surface area contributed by atoms with Gasteiger partial charge in [-0.1, -0.05) is 42.5 Å². The molecule has 1 heterocycles. The zero-order chi connectivity index (χ0) is 23.5. The van der Waals surface area contributed by atoms with E-state index < -0.39 is 0 Å². The van der Waals surface area contributed by atoms with Gasteiger partial charge in [-0.3, -0.25) is 4.79 Å². The summed E-state index contributed by atoms with van der Waals surface area (Å²) >= 11 is 1.57. The van der Waals surface area contributed by atoms with Crippen LogP contribution in [-0.2, 0) is 11.3 Å². The van der Waals surface area contributed by atoms with E-state index in [9.17, 15) is 4.79 Å². The monoisotopic (exact) mass is 469 g/mol. The fraction of sp³-hybridized carbons (Fsp3) is 0.143. The number of thiazole rings is 1. The first-order chi connectivity index (χ1) is 16.7. The summed E-state index contributed by atoms with van der Waals surface area (Å²) in [6, 6.07) is 23.1. The van der Waals surface area contributed by atoms with Crippen LogP contribution in [-0.4, -0.2) is 24.7 Å². The smallest absolute Gasteiger partial charge is 0.195 e. The molecular weight excluding hydrogens is 446 g/mol. The maximum Gasteiger partial charge on any atom is 0.195 e. The summed E-state index contributed by atoms with van der Waals surface area (Å²) in [5, 5.41) is 0. The van der Waals surface area contributed by atoms with Crippen LogP contribution in [0.5, 0.6) is 11.5 Å². The normalized spacial score (nSPS) is 12.7. The quantitative estimate of drug-likeness (QED) is 0.228. The number of ether oxygens (including phenoxy) is 3. The molecule has 0 saturated carbocycles. The fourth-order valence-corrected chi connectivity index (χ4v) is 4.65. The lowest BCUT2D eigenvalue weighted by Gasteiger charge is -2.10. The zero-order valence-electron chi connectivity index (χ0n) is 18.9. The molecule has 0 unspecified atom stereocenters. The number of methoxy groups -OCH3 is 1. The van der Waals surface area contributed by atoms with Crippen LogP contribution in [0.3, 0.4) is 0 Å². The third kappa shape index (κ3) is 4.25. The Balaban J connectivity index is 1.43. The Bertz CT molecular complexity index is 1360. The molecule has 0 bridgehead atoms. The summed E-state index contributed by atoms with van der Waals surface area (Å²) < 4.78 is 16.7. The predicted molar refractivity (Wildman–Crippen MR) is 133 cm³/mol. The molecular formula is C28H23NO4S. The Labute approximate surface area is 202 Å². The molecule has 5 nitrogen and oxygen atoms in total. The van der Waals surface area contributed by atoms with Crippen molar-refractivity contribution in [2.24, 2.45) is 0 Å². The van der Waals surface area contributed by atoms with Crippen molar-refractivity contribution in [1.82, 2.24) is 4.98 Å². The molecule has 6 heteroatoms. The van der Waals surface area contributed by atoms with Gasteiger partial charge in [0.15, 0.2) is 12.6 Å². The van der Waals surface area contributed by atoms with Crippen molar-refractivity contribution in [3.63, 3.8) is 0 Å². The topological polar surface area (TPSA) is 57.6 Å². The summed E-state index contributed by atoms with van der Waals surface area (Å²) in [6.07, 6.45) is 0. The second-order valence-electron chi connectivity index (χ2n) is 7.87. The van der Waals surface area contributed by atoms with Crippen molar-refractivity contribution < 1.29 is 19.0 Å². The molecule has 3 aromatic carbocycles. The molecule has 0 radical (unpaired) electrons. The molecule has 1 aliphatic rings. The van der Waals surface area contributed by atoms with Gasteiger partial charge in [0.05, 0.1) is 24.9 Å². The average molecular weight is 470 g/mol. The average Bonchev–Trinajstić information content (AvgIpc) is 3.42. The highest BCUT2D eigenvalue weighted by atomic mass is 32.1. The Morgan fingerprint density at radius 2 is 1.65 bits per heavy atom. The number of allylic oxidation sites excluding steroid dienone is 1. The maximum atomic E-state index is 13.6. The van der Waals surface area contributed by atoms with Crippen LogP contribution >= 0.6 is 11.3 Å². The third-order valence-electron chi connectivity index (χ3n) is 5.76. The molecule has 0 N–H and O–H groups in total. The predicted octanol–water partition coefficient (Wildman–Crippen LogP) is 6.17. The van der Waals surface area contributed by atoms with Gasteiger partial charge in [0.2, 0.25) is 0 Å². The zero-order valence-corrected chi connectivity index (χ0v) is 19.7. The van der Waals surface area contributed by atoms with E-state index >= 15 is 0 Å². The van der Waals surface area contributed by atoms with Crippen molar-refractivity contribution >= 4 is 28.3 Å². The lowest BCUT2D eigenvalue weighted by atomic mass is 9.97. The van der Waals surface area contributed by atoms with Crippen molar-refractivity contribution in [2.75, 3.05) is 13.9 Å². The third-order valence-corrected chi connectivity index (χ3v) is 6.52. The van der Waals surface area contributed by atoms with Gasteiger partial charge in [0.1, 0.15) is 11.5 Å². The van der Waals surface area contributed by atoms with Crippen molar-refractivity contribution in [1.29, 1.82) is 0 Å². The van der Waals surface area contributed by atoms with Crippen LogP contribution < -0.4 is 9.47 Å². The molecule has 0 saturated heterocycles. The van der Waals surface area contributed by atoms with Crippen LogP contribution in [0.2, 0.25) is 0 Å². The molecule has 0 fully saturated rings. The molecule has 34 heavy (non-hydrogen) atoms. The lowest BCUT2D eigenvalue weighted by Crippen LogP contribution is -2.04. The minimum absolute atomic E-state index is 0.0433. The summed E-state index contributed by atoms with van der Waals surface area (Å²) in [4.78, 5) is 19.3. The van der Waals surface area contributed by atoms with Gasteiger partial charge in [-0.05, 0) is 53.9 Å². The first kappa shape index (κ1) is 22.1. The Morgan fingerprint density at radius 3 is 2.35 bits per heavy atom. The number of aromatic nitrogens is 1. The summed E-state index contributed by atoms with van der Waals surface area (Å²) in [6.45, 7) is 2.58. The fourth-order valence-electron chi connectivity index (χ4n) is 4.07. The Kier molecular flexibility index (Phi) is 6.25. The summed E-state index contributed by atoms with van der Waals surface area (Å²) in [7, 11) is 1.63. The van der Waals surface area contributed by atoms with Gasteiger partial charge in [-0.25, -0.2) is 4.98 Å². The molecule has 170 valence electrons. The highest BCUT2D eigenvalue weighted by Gasteiger charge is 2.33. The second kappa shape index (κ2) is 9.63. The SMILES string of the molecule is COc1ccc(C2=C(c3ncsc3C)c3ccc(OCOCc4ccccc4)cc3C2=O)cc1. The minimum Gasteiger partial charge on any atom is -0.497 e. The summed E-state index contributed by atoms with van der Waals surface area (Å²) in [5.74, 6) is 1.29. The van der Waals surface area contributed by atoms with Gasteiger partial charge >= 0.3 is 0 Å². The number of benzene rings is 3. The van der Waals surface area contributed by atoms with E-state index in [0.29, 0.717) is 23.5 Å². The van der Waals surface area contributed by atoms with Crippen LogP contribution in [0.1, 0.15) is 37.6 Å².